The van der Waals surface area contributed by atoms with Gasteiger partial charge in [-0.05, 0) is 47.7 Å². The van der Waals surface area contributed by atoms with Crippen LogP contribution in [0.2, 0.25) is 0 Å². The molecule has 3 aromatic carbocycles. The molecule has 1 fully saturated rings. The third kappa shape index (κ3) is 4.58. The lowest BCUT2D eigenvalue weighted by molar-refractivity contribution is -0.142. The molecule has 2 unspecified atom stereocenters. The number of hydrogen-bond donors (Lipinski definition) is 1. The Balaban J connectivity index is 1.67. The van der Waals surface area contributed by atoms with Crippen LogP contribution in [0.4, 0.5) is 0 Å². The van der Waals surface area contributed by atoms with Gasteiger partial charge in [0.05, 0.1) is 6.04 Å². The summed E-state index contributed by atoms with van der Waals surface area (Å²) in [5.41, 5.74) is 3.20. The zero-order valence-electron chi connectivity index (χ0n) is 16.6. The monoisotopic (exact) mass is 465 g/mol. The van der Waals surface area contributed by atoms with E-state index in [1.54, 1.807) is 0 Å². The van der Waals surface area contributed by atoms with Gasteiger partial charge in [0.15, 0.2) is 0 Å². The van der Waals surface area contributed by atoms with Gasteiger partial charge < -0.3 is 9.84 Å². The van der Waals surface area contributed by atoms with Crippen molar-refractivity contribution in [1.82, 2.24) is 4.90 Å². The molecular formula is C25H24BrNO3. The zero-order valence-corrected chi connectivity index (χ0v) is 18.2. The number of hydrogen-bond acceptors (Lipinski definition) is 3. The van der Waals surface area contributed by atoms with E-state index in [4.69, 9.17) is 4.74 Å². The molecule has 0 spiro atoms. The first kappa shape index (κ1) is 20.6. The van der Waals surface area contributed by atoms with Gasteiger partial charge in [0.1, 0.15) is 18.4 Å². The van der Waals surface area contributed by atoms with Crippen molar-refractivity contribution >= 4 is 21.9 Å². The molecule has 1 aliphatic rings. The Hall–Kier alpha value is -2.63. The maximum Gasteiger partial charge on any atom is 0.320 e. The number of halogens is 1. The van der Waals surface area contributed by atoms with Crippen molar-refractivity contribution in [3.05, 3.63) is 100 Å². The maximum atomic E-state index is 11.9. The summed E-state index contributed by atoms with van der Waals surface area (Å²) in [6, 6.07) is 25.4. The fourth-order valence-corrected chi connectivity index (χ4v) is 4.63. The highest BCUT2D eigenvalue weighted by Crippen LogP contribution is 2.39. The molecule has 3 aromatic rings. The third-order valence-corrected chi connectivity index (χ3v) is 6.26. The van der Waals surface area contributed by atoms with Crippen LogP contribution in [0.5, 0.6) is 5.75 Å². The number of nitrogens with zero attached hydrogens (tertiary/aromatic N) is 1. The van der Waals surface area contributed by atoms with Gasteiger partial charge in [-0.1, -0.05) is 76.6 Å². The minimum absolute atomic E-state index is 0.163. The lowest BCUT2D eigenvalue weighted by Gasteiger charge is -2.32. The van der Waals surface area contributed by atoms with Crippen molar-refractivity contribution in [1.29, 1.82) is 0 Å². The summed E-state index contributed by atoms with van der Waals surface area (Å²) in [6.07, 6.45) is 1.54. The van der Waals surface area contributed by atoms with E-state index >= 15 is 0 Å². The Labute approximate surface area is 185 Å². The minimum atomic E-state index is -0.763. The number of carbonyl (C=O) groups is 1. The van der Waals surface area contributed by atoms with E-state index in [-0.39, 0.29) is 6.04 Å². The number of likely N-dealkylation sites (tertiary alicyclic amines) is 1. The van der Waals surface area contributed by atoms with Crippen molar-refractivity contribution < 1.29 is 14.6 Å². The fourth-order valence-electron chi connectivity index (χ4n) is 4.13. The first-order chi connectivity index (χ1) is 14.6. The lowest BCUT2D eigenvalue weighted by atomic mass is 9.96. The van der Waals surface area contributed by atoms with Crippen LogP contribution in [0.25, 0.3) is 0 Å². The number of benzene rings is 3. The predicted molar refractivity (Wildman–Crippen MR) is 121 cm³/mol. The van der Waals surface area contributed by atoms with Gasteiger partial charge in [-0.25, -0.2) is 0 Å². The summed E-state index contributed by atoms with van der Waals surface area (Å²) >= 11 is 3.67. The Morgan fingerprint density at radius 2 is 1.83 bits per heavy atom. The van der Waals surface area contributed by atoms with Crippen LogP contribution in [0.15, 0.2) is 83.3 Å². The number of carboxylic acid groups (broad SMARTS) is 1. The number of ether oxygens (including phenoxy) is 1. The molecule has 0 aliphatic carbocycles. The molecule has 154 valence electrons. The average Bonchev–Trinajstić information content (AvgIpc) is 3.25. The van der Waals surface area contributed by atoms with Crippen molar-refractivity contribution in [2.24, 2.45) is 0 Å². The maximum absolute atomic E-state index is 11.9. The molecule has 0 bridgehead atoms. The quantitative estimate of drug-likeness (QED) is 0.488. The van der Waals surface area contributed by atoms with Crippen LogP contribution < -0.4 is 4.74 Å². The number of rotatable bonds is 7. The highest BCUT2D eigenvalue weighted by molar-refractivity contribution is 9.10. The van der Waals surface area contributed by atoms with Crippen LogP contribution in [0.1, 0.15) is 35.6 Å². The summed E-state index contributed by atoms with van der Waals surface area (Å²) < 4.78 is 7.01. The van der Waals surface area contributed by atoms with Gasteiger partial charge >= 0.3 is 5.97 Å². The highest BCUT2D eigenvalue weighted by atomic mass is 79.9. The van der Waals surface area contributed by atoms with E-state index in [1.807, 2.05) is 66.7 Å². The van der Waals surface area contributed by atoms with E-state index < -0.39 is 12.0 Å². The van der Waals surface area contributed by atoms with Crippen molar-refractivity contribution in [3.63, 3.8) is 0 Å². The van der Waals surface area contributed by atoms with Crippen LogP contribution in [0, 0.1) is 0 Å². The van der Waals surface area contributed by atoms with Gasteiger partial charge in [-0.2, -0.15) is 0 Å². The number of carboxylic acids is 1. The minimum Gasteiger partial charge on any atom is -0.489 e. The molecule has 1 aliphatic heterocycles. The molecule has 0 saturated carbocycles. The molecule has 0 radical (unpaired) electrons. The Bertz CT molecular complexity index is 1010. The van der Waals surface area contributed by atoms with Crippen LogP contribution in [-0.4, -0.2) is 28.6 Å². The smallest absolute Gasteiger partial charge is 0.320 e. The molecule has 30 heavy (non-hydrogen) atoms. The summed E-state index contributed by atoms with van der Waals surface area (Å²) in [7, 11) is 0. The molecule has 0 amide bonds. The average molecular weight is 466 g/mol. The number of aliphatic carboxylic acids is 1. The van der Waals surface area contributed by atoms with E-state index in [0.29, 0.717) is 13.0 Å². The van der Waals surface area contributed by atoms with Crippen LogP contribution in [-0.2, 0) is 11.4 Å². The van der Waals surface area contributed by atoms with Gasteiger partial charge in [-0.15, -0.1) is 0 Å². The highest BCUT2D eigenvalue weighted by Gasteiger charge is 2.37. The molecule has 2 atom stereocenters. The molecule has 4 nitrogen and oxygen atoms in total. The summed E-state index contributed by atoms with van der Waals surface area (Å²) in [5.74, 6) is 0.0144. The Kier molecular flexibility index (Phi) is 6.50. The first-order valence-corrected chi connectivity index (χ1v) is 10.9. The van der Waals surface area contributed by atoms with Gasteiger partial charge in [0.2, 0.25) is 0 Å². The van der Waals surface area contributed by atoms with Gasteiger partial charge in [0.25, 0.3) is 0 Å². The molecule has 1 N–H and O–H groups in total. The second kappa shape index (κ2) is 9.45. The molecular weight excluding hydrogens is 442 g/mol. The van der Waals surface area contributed by atoms with E-state index in [2.05, 4.69) is 33.0 Å². The van der Waals surface area contributed by atoms with Crippen molar-refractivity contribution in [2.45, 2.75) is 31.5 Å². The van der Waals surface area contributed by atoms with Crippen LogP contribution >= 0.6 is 15.9 Å². The second-order valence-electron chi connectivity index (χ2n) is 7.50. The first-order valence-electron chi connectivity index (χ1n) is 10.1. The molecule has 5 heteroatoms. The largest absolute Gasteiger partial charge is 0.489 e. The Morgan fingerprint density at radius 1 is 1.07 bits per heavy atom. The Morgan fingerprint density at radius 3 is 2.60 bits per heavy atom. The normalized spacial score (nSPS) is 17.6. The molecule has 1 saturated heterocycles. The van der Waals surface area contributed by atoms with Crippen molar-refractivity contribution in [2.75, 3.05) is 6.54 Å². The van der Waals surface area contributed by atoms with E-state index in [9.17, 15) is 9.90 Å². The predicted octanol–water partition coefficient (Wildman–Crippen LogP) is 5.67. The lowest BCUT2D eigenvalue weighted by Crippen LogP contribution is -2.39. The van der Waals surface area contributed by atoms with Gasteiger partial charge in [-0.3, -0.25) is 9.69 Å². The summed E-state index contributed by atoms with van der Waals surface area (Å²) in [6.45, 7) is 1.24. The van der Waals surface area contributed by atoms with E-state index in [0.717, 1.165) is 39.9 Å². The molecule has 0 aromatic heterocycles. The fraction of sp³-hybridized carbons (Fsp3) is 0.240. The third-order valence-electron chi connectivity index (χ3n) is 5.53. The zero-order chi connectivity index (χ0) is 20.9. The topological polar surface area (TPSA) is 49.8 Å². The van der Waals surface area contributed by atoms with Gasteiger partial charge in [0, 0.05) is 11.0 Å². The molecule has 4 rings (SSSR count). The molecule has 1 heterocycles. The van der Waals surface area contributed by atoms with Crippen LogP contribution in [0.3, 0.4) is 0 Å². The second-order valence-corrected chi connectivity index (χ2v) is 8.36. The van der Waals surface area contributed by atoms with E-state index in [1.165, 1.54) is 0 Å². The standard InChI is InChI=1S/C25H24BrNO3/c26-22-13-5-4-12-21(22)24(27-15-7-14-23(27)25(28)29)19-10-6-11-20(16-19)30-17-18-8-2-1-3-9-18/h1-6,8-13,16,23-24H,7,14-15,17H2,(H,28,29). The SMILES string of the molecule is O=C(O)C1CCCN1C(c1cccc(OCc2ccccc2)c1)c1ccccc1Br. The van der Waals surface area contributed by atoms with Crippen molar-refractivity contribution in [3.8, 4) is 5.75 Å². The summed E-state index contributed by atoms with van der Waals surface area (Å²) in [5, 5.41) is 9.78. The summed E-state index contributed by atoms with van der Waals surface area (Å²) in [4.78, 5) is 14.0.